The van der Waals surface area contributed by atoms with Gasteiger partial charge in [-0.25, -0.2) is 4.79 Å². The zero-order valence-corrected chi connectivity index (χ0v) is 11.8. The molecule has 1 aliphatic heterocycles. The van der Waals surface area contributed by atoms with Crippen molar-refractivity contribution in [1.82, 2.24) is 10.2 Å². The van der Waals surface area contributed by atoms with Gasteiger partial charge in [0.15, 0.2) is 0 Å². The van der Waals surface area contributed by atoms with Crippen LogP contribution >= 0.6 is 0 Å². The Morgan fingerprint density at radius 1 is 1.26 bits per heavy atom. The molecule has 0 aromatic carbocycles. The third-order valence-corrected chi connectivity index (χ3v) is 2.95. The number of methoxy groups -OCH3 is 2. The van der Waals surface area contributed by atoms with Crippen molar-refractivity contribution in [1.29, 1.82) is 0 Å². The summed E-state index contributed by atoms with van der Waals surface area (Å²) in [5.41, 5.74) is 1.22. The van der Waals surface area contributed by atoms with E-state index >= 15 is 0 Å². The van der Waals surface area contributed by atoms with E-state index in [4.69, 9.17) is 14.2 Å². The third kappa shape index (κ3) is 6.56. The van der Waals surface area contributed by atoms with Crippen molar-refractivity contribution in [2.24, 2.45) is 0 Å². The van der Waals surface area contributed by atoms with Gasteiger partial charge in [-0.2, -0.15) is 0 Å². The van der Waals surface area contributed by atoms with E-state index in [1.165, 1.54) is 5.57 Å². The Balaban J connectivity index is 2.40. The van der Waals surface area contributed by atoms with Crippen LogP contribution in [0, 0.1) is 0 Å². The maximum atomic E-state index is 12.0. The molecule has 6 nitrogen and oxygen atoms in total. The fraction of sp³-hybridized carbons (Fsp3) is 0.769. The van der Waals surface area contributed by atoms with Crippen molar-refractivity contribution in [2.45, 2.75) is 12.8 Å². The Labute approximate surface area is 114 Å². The number of carbonyl (C=O) groups is 1. The number of nitrogens with zero attached hydrogens (tertiary/aromatic N) is 1. The Hall–Kier alpha value is -1.11. The quantitative estimate of drug-likeness (QED) is 0.750. The summed E-state index contributed by atoms with van der Waals surface area (Å²) in [4.78, 5) is 13.7. The number of hydrogen-bond donors (Lipinski definition) is 1. The Morgan fingerprint density at radius 3 is 2.37 bits per heavy atom. The van der Waals surface area contributed by atoms with Crippen molar-refractivity contribution in [2.75, 3.05) is 53.7 Å². The number of ether oxygens (including phenoxy) is 3. The van der Waals surface area contributed by atoms with Gasteiger partial charge in [-0.05, 0) is 18.4 Å². The highest BCUT2D eigenvalue weighted by Gasteiger charge is 2.12. The second-order valence-corrected chi connectivity index (χ2v) is 4.34. The fourth-order valence-corrected chi connectivity index (χ4v) is 1.75. The van der Waals surface area contributed by atoms with Gasteiger partial charge in [0.2, 0.25) is 0 Å². The molecule has 0 spiro atoms. The summed E-state index contributed by atoms with van der Waals surface area (Å²) < 4.78 is 15.3. The Kier molecular flexibility index (Phi) is 8.20. The molecule has 0 saturated carbocycles. The second kappa shape index (κ2) is 9.77. The normalized spacial score (nSPS) is 15.2. The predicted octanol–water partition coefficient (Wildman–Crippen LogP) is 0.985. The molecule has 0 aromatic rings. The van der Waals surface area contributed by atoms with Crippen LogP contribution in [0.25, 0.3) is 0 Å². The molecule has 1 rings (SSSR count). The zero-order chi connectivity index (χ0) is 13.9. The zero-order valence-electron chi connectivity index (χ0n) is 11.8. The standard InChI is InChI=1S/C13H24N2O4/c1-17-9-5-15(6-10-18-2)13(16)14-11-12-3-7-19-8-4-12/h11H,3-10H2,1-2H3,(H,14,16). The van der Waals surface area contributed by atoms with Crippen molar-refractivity contribution in [3.63, 3.8) is 0 Å². The van der Waals surface area contributed by atoms with Crippen LogP contribution in [-0.2, 0) is 14.2 Å². The van der Waals surface area contributed by atoms with Gasteiger partial charge in [0.1, 0.15) is 0 Å². The van der Waals surface area contributed by atoms with Crippen molar-refractivity contribution >= 4 is 6.03 Å². The lowest BCUT2D eigenvalue weighted by Crippen LogP contribution is -2.41. The molecular formula is C13H24N2O4. The lowest BCUT2D eigenvalue weighted by Gasteiger charge is -2.22. The summed E-state index contributed by atoms with van der Waals surface area (Å²) in [7, 11) is 3.24. The van der Waals surface area contributed by atoms with Gasteiger partial charge in [-0.3, -0.25) is 0 Å². The van der Waals surface area contributed by atoms with Gasteiger partial charge in [-0.15, -0.1) is 0 Å². The Morgan fingerprint density at radius 2 is 1.84 bits per heavy atom. The summed E-state index contributed by atoms with van der Waals surface area (Å²) in [6.07, 6.45) is 3.57. The molecule has 6 heteroatoms. The second-order valence-electron chi connectivity index (χ2n) is 4.34. The molecule has 1 heterocycles. The molecule has 1 saturated heterocycles. The molecule has 19 heavy (non-hydrogen) atoms. The number of amides is 2. The van der Waals surface area contributed by atoms with E-state index in [-0.39, 0.29) is 6.03 Å². The summed E-state index contributed by atoms with van der Waals surface area (Å²) in [6.45, 7) is 3.61. The molecule has 0 aromatic heterocycles. The van der Waals surface area contributed by atoms with E-state index in [9.17, 15) is 4.79 Å². The van der Waals surface area contributed by atoms with Gasteiger partial charge in [0, 0.05) is 33.5 Å². The molecule has 0 bridgehead atoms. The van der Waals surface area contributed by atoms with Crippen LogP contribution in [0.1, 0.15) is 12.8 Å². The van der Waals surface area contributed by atoms with Crippen LogP contribution in [0.3, 0.4) is 0 Å². The number of rotatable bonds is 7. The van der Waals surface area contributed by atoms with Crippen molar-refractivity contribution < 1.29 is 19.0 Å². The summed E-state index contributed by atoms with van der Waals surface area (Å²) in [5, 5.41) is 2.83. The number of urea groups is 1. The first-order chi connectivity index (χ1) is 9.27. The van der Waals surface area contributed by atoms with Gasteiger partial charge < -0.3 is 24.4 Å². The average molecular weight is 272 g/mol. The van der Waals surface area contributed by atoms with Crippen molar-refractivity contribution in [3.8, 4) is 0 Å². The van der Waals surface area contributed by atoms with E-state index < -0.39 is 0 Å². The largest absolute Gasteiger partial charge is 0.383 e. The van der Waals surface area contributed by atoms with Crippen LogP contribution in [-0.4, -0.2) is 64.7 Å². The molecule has 0 radical (unpaired) electrons. The van der Waals surface area contributed by atoms with Gasteiger partial charge in [0.25, 0.3) is 0 Å². The summed E-state index contributed by atoms with van der Waals surface area (Å²) in [5.74, 6) is 0. The predicted molar refractivity (Wildman–Crippen MR) is 72.0 cm³/mol. The lowest BCUT2D eigenvalue weighted by molar-refractivity contribution is 0.118. The maximum Gasteiger partial charge on any atom is 0.321 e. The highest BCUT2D eigenvalue weighted by atomic mass is 16.5. The van der Waals surface area contributed by atoms with E-state index in [2.05, 4.69) is 5.32 Å². The highest BCUT2D eigenvalue weighted by Crippen LogP contribution is 2.11. The van der Waals surface area contributed by atoms with Gasteiger partial charge >= 0.3 is 6.03 Å². The highest BCUT2D eigenvalue weighted by molar-refractivity contribution is 5.75. The topological polar surface area (TPSA) is 60.0 Å². The van der Waals surface area contributed by atoms with E-state index in [0.29, 0.717) is 26.3 Å². The molecule has 0 unspecified atom stereocenters. The molecular weight excluding hydrogens is 248 g/mol. The van der Waals surface area contributed by atoms with Crippen molar-refractivity contribution in [3.05, 3.63) is 11.8 Å². The summed E-state index contributed by atoms with van der Waals surface area (Å²) in [6, 6.07) is -0.118. The summed E-state index contributed by atoms with van der Waals surface area (Å²) >= 11 is 0. The minimum Gasteiger partial charge on any atom is -0.383 e. The van der Waals surface area contributed by atoms with Crippen LogP contribution in [0.2, 0.25) is 0 Å². The molecule has 1 aliphatic rings. The monoisotopic (exact) mass is 272 g/mol. The molecule has 0 aliphatic carbocycles. The molecule has 2 amide bonds. The SMILES string of the molecule is COCCN(CCOC)C(=O)NC=C1CCOCC1. The first-order valence-electron chi connectivity index (χ1n) is 6.57. The minimum atomic E-state index is -0.118. The average Bonchev–Trinajstić information content (AvgIpc) is 2.46. The minimum absolute atomic E-state index is 0.118. The van der Waals surface area contributed by atoms with E-state index in [1.54, 1.807) is 25.3 Å². The molecule has 0 atom stereocenters. The molecule has 1 fully saturated rings. The molecule has 1 N–H and O–H groups in total. The first-order valence-corrected chi connectivity index (χ1v) is 6.57. The number of hydrogen-bond acceptors (Lipinski definition) is 4. The van der Waals surface area contributed by atoms with Crippen LogP contribution < -0.4 is 5.32 Å². The Bertz CT molecular complexity index is 278. The first kappa shape index (κ1) is 15.9. The van der Waals surface area contributed by atoms with Crippen LogP contribution in [0.5, 0.6) is 0 Å². The fourth-order valence-electron chi connectivity index (χ4n) is 1.75. The number of carbonyl (C=O) groups excluding carboxylic acids is 1. The molecule has 110 valence electrons. The van der Waals surface area contributed by atoms with Gasteiger partial charge in [-0.1, -0.05) is 0 Å². The smallest absolute Gasteiger partial charge is 0.321 e. The van der Waals surface area contributed by atoms with E-state index in [0.717, 1.165) is 26.1 Å². The number of nitrogens with one attached hydrogen (secondary N) is 1. The van der Waals surface area contributed by atoms with Crippen LogP contribution in [0.15, 0.2) is 11.8 Å². The lowest BCUT2D eigenvalue weighted by atomic mass is 10.1. The van der Waals surface area contributed by atoms with E-state index in [1.807, 2.05) is 0 Å². The maximum absolute atomic E-state index is 12.0. The third-order valence-electron chi connectivity index (χ3n) is 2.95. The van der Waals surface area contributed by atoms with Crippen LogP contribution in [0.4, 0.5) is 4.79 Å². The van der Waals surface area contributed by atoms with Gasteiger partial charge in [0.05, 0.1) is 26.4 Å².